The van der Waals surface area contributed by atoms with Gasteiger partial charge in [0.25, 0.3) is 0 Å². The van der Waals surface area contributed by atoms with Crippen LogP contribution in [0.2, 0.25) is 0 Å². The predicted octanol–water partition coefficient (Wildman–Crippen LogP) is 1.67. The minimum Gasteiger partial charge on any atom is -0.515 e. The first-order valence-electron chi connectivity index (χ1n) is 2.82. The molecule has 2 nitrogen and oxygen atoms in total. The van der Waals surface area contributed by atoms with Crippen molar-refractivity contribution in [1.82, 2.24) is 0 Å². The number of rotatable bonds is 1. The van der Waals surface area contributed by atoms with Crippen LogP contribution in [0.4, 0.5) is 0 Å². The van der Waals surface area contributed by atoms with Crippen LogP contribution in [-0.2, 0) is 4.79 Å². The summed E-state index contributed by atoms with van der Waals surface area (Å²) < 4.78 is 0. The Morgan fingerprint density at radius 1 is 1.44 bits per heavy atom. The number of aldehydes is 1. The highest BCUT2D eigenvalue weighted by molar-refractivity contribution is 5.74. The summed E-state index contributed by atoms with van der Waals surface area (Å²) in [5, 5.41) is 8.47. The molecule has 0 rings (SSSR count). The summed E-state index contributed by atoms with van der Waals surface area (Å²) in [7, 11) is 0. The summed E-state index contributed by atoms with van der Waals surface area (Å²) in [5.41, 5.74) is 0.179. The molecule has 1 N–H and O–H groups in total. The van der Waals surface area contributed by atoms with Gasteiger partial charge in [0.2, 0.25) is 0 Å². The summed E-state index contributed by atoms with van der Waals surface area (Å²) in [5.74, 6) is 0. The Kier molecular flexibility index (Phi) is 2.43. The number of carbonyl (C=O) groups is 1. The van der Waals surface area contributed by atoms with Gasteiger partial charge in [-0.2, -0.15) is 0 Å². The van der Waals surface area contributed by atoms with Gasteiger partial charge in [0.1, 0.15) is 6.29 Å². The summed E-state index contributed by atoms with van der Waals surface area (Å²) in [6.45, 7) is 5.59. The molecule has 0 aromatic heterocycles. The Morgan fingerprint density at radius 2 is 1.89 bits per heavy atom. The van der Waals surface area contributed by atoms with E-state index >= 15 is 0 Å². The van der Waals surface area contributed by atoms with Gasteiger partial charge in [0, 0.05) is 5.57 Å². The highest BCUT2D eigenvalue weighted by Crippen LogP contribution is 2.21. The van der Waals surface area contributed by atoms with Crippen LogP contribution in [0.1, 0.15) is 20.8 Å². The van der Waals surface area contributed by atoms with Crippen LogP contribution in [0, 0.1) is 5.41 Å². The van der Waals surface area contributed by atoms with Crippen LogP contribution in [0.5, 0.6) is 0 Å². The van der Waals surface area contributed by atoms with Crippen molar-refractivity contribution < 1.29 is 9.90 Å². The van der Waals surface area contributed by atoms with Gasteiger partial charge in [-0.15, -0.1) is 0 Å². The summed E-state index contributed by atoms with van der Waals surface area (Å²) in [6, 6.07) is 0. The van der Waals surface area contributed by atoms with Gasteiger partial charge < -0.3 is 5.11 Å². The summed E-state index contributed by atoms with van der Waals surface area (Å²) >= 11 is 0. The molecule has 0 aliphatic carbocycles. The highest BCUT2D eigenvalue weighted by Gasteiger charge is 2.15. The van der Waals surface area contributed by atoms with Crippen LogP contribution >= 0.6 is 0 Å². The molecule has 0 heterocycles. The Bertz CT molecular complexity index is 128. The molecule has 0 aromatic rings. The first-order chi connectivity index (χ1) is 4.02. The minimum absolute atomic E-state index is 0.240. The fourth-order valence-electron chi connectivity index (χ4n) is 0.401. The topological polar surface area (TPSA) is 37.3 Å². The molecule has 0 bridgehead atoms. The van der Waals surface area contributed by atoms with Crippen LogP contribution in [0.3, 0.4) is 0 Å². The smallest absolute Gasteiger partial charge is 0.149 e. The summed E-state index contributed by atoms with van der Waals surface area (Å²) in [6.07, 6.45) is 1.52. The van der Waals surface area contributed by atoms with Crippen molar-refractivity contribution in [3.05, 3.63) is 11.8 Å². The largest absolute Gasteiger partial charge is 0.515 e. The third kappa shape index (κ3) is 2.31. The molecule has 0 aliphatic rings. The van der Waals surface area contributed by atoms with Crippen molar-refractivity contribution in [3.8, 4) is 0 Å². The van der Waals surface area contributed by atoms with Crippen molar-refractivity contribution in [3.63, 3.8) is 0 Å². The molecule has 0 aromatic carbocycles. The van der Waals surface area contributed by atoms with E-state index in [4.69, 9.17) is 5.11 Å². The molecule has 0 saturated carbocycles. The molecule has 52 valence electrons. The fourth-order valence-corrected chi connectivity index (χ4v) is 0.401. The van der Waals surface area contributed by atoms with Crippen LogP contribution < -0.4 is 0 Å². The average Bonchev–Trinajstić information content (AvgIpc) is 1.65. The molecule has 0 atom stereocenters. The van der Waals surface area contributed by atoms with E-state index in [2.05, 4.69) is 0 Å². The van der Waals surface area contributed by atoms with E-state index in [0.717, 1.165) is 6.26 Å². The van der Waals surface area contributed by atoms with Crippen LogP contribution in [0.25, 0.3) is 0 Å². The number of carbonyl (C=O) groups excluding carboxylic acids is 1. The van der Waals surface area contributed by atoms with Crippen LogP contribution in [-0.4, -0.2) is 11.4 Å². The molecular weight excluding hydrogens is 116 g/mol. The third-order valence-corrected chi connectivity index (χ3v) is 1.13. The normalized spacial score (nSPS) is 13.4. The zero-order valence-corrected chi connectivity index (χ0v) is 6.01. The Hall–Kier alpha value is -0.790. The van der Waals surface area contributed by atoms with Gasteiger partial charge in [-0.05, 0) is 5.41 Å². The van der Waals surface area contributed by atoms with E-state index in [1.165, 1.54) is 0 Å². The van der Waals surface area contributed by atoms with Crippen molar-refractivity contribution in [2.24, 2.45) is 5.41 Å². The number of aliphatic hydroxyl groups excluding tert-OH is 1. The van der Waals surface area contributed by atoms with E-state index in [9.17, 15) is 4.79 Å². The number of allylic oxidation sites excluding steroid dienone is 1. The van der Waals surface area contributed by atoms with Gasteiger partial charge in [0.15, 0.2) is 0 Å². The lowest BCUT2D eigenvalue weighted by molar-refractivity contribution is -0.105. The highest BCUT2D eigenvalue weighted by atomic mass is 16.2. The molecule has 0 saturated heterocycles. The minimum atomic E-state index is -0.240. The molecule has 9 heavy (non-hydrogen) atoms. The lowest BCUT2D eigenvalue weighted by atomic mass is 9.88. The quantitative estimate of drug-likeness (QED) is 0.331. The first-order valence-corrected chi connectivity index (χ1v) is 2.82. The van der Waals surface area contributed by atoms with Gasteiger partial charge >= 0.3 is 0 Å². The van der Waals surface area contributed by atoms with Crippen LogP contribution in [0.15, 0.2) is 11.8 Å². The predicted molar refractivity (Wildman–Crippen MR) is 36.2 cm³/mol. The monoisotopic (exact) mass is 128 g/mol. The molecule has 0 unspecified atom stereocenters. The van der Waals surface area contributed by atoms with E-state index in [1.807, 2.05) is 20.8 Å². The summed E-state index contributed by atoms with van der Waals surface area (Å²) in [4.78, 5) is 10.2. The molecule has 0 radical (unpaired) electrons. The van der Waals surface area contributed by atoms with E-state index in [0.29, 0.717) is 11.9 Å². The molecule has 0 spiro atoms. The van der Waals surface area contributed by atoms with Crippen molar-refractivity contribution in [2.75, 3.05) is 0 Å². The van der Waals surface area contributed by atoms with E-state index in [-0.39, 0.29) is 5.41 Å². The number of hydrogen-bond acceptors (Lipinski definition) is 2. The Morgan fingerprint density at radius 3 is 1.89 bits per heavy atom. The Labute approximate surface area is 55.2 Å². The zero-order valence-electron chi connectivity index (χ0n) is 6.01. The average molecular weight is 128 g/mol. The van der Waals surface area contributed by atoms with E-state index in [1.54, 1.807) is 0 Å². The number of aliphatic hydroxyl groups is 1. The van der Waals surface area contributed by atoms with Gasteiger partial charge in [0.05, 0.1) is 6.26 Å². The standard InChI is InChI=1S/C7H12O2/c1-7(2,3)6(4-8)5-9/h4-5,8H,1-3H3/b6-4+. The van der Waals surface area contributed by atoms with Crippen molar-refractivity contribution in [1.29, 1.82) is 0 Å². The van der Waals surface area contributed by atoms with Gasteiger partial charge in [-0.3, -0.25) is 4.79 Å². The van der Waals surface area contributed by atoms with Crippen molar-refractivity contribution >= 4 is 6.29 Å². The molecule has 0 aliphatic heterocycles. The zero-order chi connectivity index (χ0) is 7.49. The van der Waals surface area contributed by atoms with Crippen molar-refractivity contribution in [2.45, 2.75) is 20.8 Å². The third-order valence-electron chi connectivity index (χ3n) is 1.13. The lowest BCUT2D eigenvalue weighted by Crippen LogP contribution is -2.10. The first kappa shape index (κ1) is 8.21. The second-order valence-corrected chi connectivity index (χ2v) is 2.95. The SMILES string of the molecule is CC(C)(C)/C(C=O)=C/O. The van der Waals surface area contributed by atoms with E-state index < -0.39 is 0 Å². The Balaban J connectivity index is 4.32. The maximum Gasteiger partial charge on any atom is 0.149 e. The second kappa shape index (κ2) is 2.67. The fraction of sp³-hybridized carbons (Fsp3) is 0.571. The maximum atomic E-state index is 10.2. The van der Waals surface area contributed by atoms with Gasteiger partial charge in [-0.25, -0.2) is 0 Å². The second-order valence-electron chi connectivity index (χ2n) is 2.95. The molecular formula is C7H12O2. The molecule has 2 heteroatoms. The number of hydrogen-bond donors (Lipinski definition) is 1. The maximum absolute atomic E-state index is 10.2. The molecule has 0 amide bonds. The molecule has 0 fully saturated rings. The lowest BCUT2D eigenvalue weighted by Gasteiger charge is -2.15. The van der Waals surface area contributed by atoms with Gasteiger partial charge in [-0.1, -0.05) is 20.8 Å².